The van der Waals surface area contributed by atoms with E-state index < -0.39 is 23.4 Å². The number of alkyl halides is 3. The average Bonchev–Trinajstić information content (AvgIpc) is 2.76. The molecule has 1 aromatic heterocycles. The molecule has 1 heterocycles. The lowest BCUT2D eigenvalue weighted by Crippen LogP contribution is -2.04. The molecule has 0 fully saturated rings. The van der Waals surface area contributed by atoms with Gasteiger partial charge in [-0.3, -0.25) is 0 Å². The minimum Gasteiger partial charge on any atom is -0.327 e. The van der Waals surface area contributed by atoms with Gasteiger partial charge in [-0.1, -0.05) is 12.1 Å². The zero-order chi connectivity index (χ0) is 16.1. The maximum Gasteiger partial charge on any atom is 0.416 e. The van der Waals surface area contributed by atoms with Crippen molar-refractivity contribution in [1.82, 2.24) is 9.55 Å². The van der Waals surface area contributed by atoms with E-state index in [1.165, 1.54) is 16.7 Å². The molecule has 22 heavy (non-hydrogen) atoms. The van der Waals surface area contributed by atoms with Crippen molar-refractivity contribution in [2.45, 2.75) is 6.18 Å². The lowest BCUT2D eigenvalue weighted by Gasteiger charge is -2.07. The van der Waals surface area contributed by atoms with Crippen LogP contribution in [0.25, 0.3) is 22.4 Å². The van der Waals surface area contributed by atoms with Crippen LogP contribution < -0.4 is 0 Å². The maximum atomic E-state index is 13.3. The van der Waals surface area contributed by atoms with Gasteiger partial charge in [0.15, 0.2) is 11.6 Å². The van der Waals surface area contributed by atoms with Gasteiger partial charge in [0, 0.05) is 24.7 Å². The molecule has 3 rings (SSSR count). The summed E-state index contributed by atoms with van der Waals surface area (Å²) in [7, 11) is 1.58. The van der Waals surface area contributed by atoms with Gasteiger partial charge in [0.2, 0.25) is 0 Å². The molecule has 0 atom stereocenters. The Hall–Kier alpha value is -2.44. The molecule has 0 amide bonds. The Morgan fingerprint density at radius 1 is 0.955 bits per heavy atom. The van der Waals surface area contributed by atoms with Crippen molar-refractivity contribution in [2.75, 3.05) is 0 Å². The Balaban J connectivity index is 2.12. The minimum absolute atomic E-state index is 0.233. The van der Waals surface area contributed by atoms with Gasteiger partial charge in [-0.05, 0) is 12.1 Å². The van der Waals surface area contributed by atoms with Crippen molar-refractivity contribution in [3.05, 3.63) is 53.6 Å². The molecule has 0 aliphatic carbocycles. The molecule has 0 spiro atoms. The van der Waals surface area contributed by atoms with Gasteiger partial charge >= 0.3 is 6.18 Å². The summed E-state index contributed by atoms with van der Waals surface area (Å²) < 4.78 is 65.7. The zero-order valence-electron chi connectivity index (χ0n) is 11.2. The third-order valence-electron chi connectivity index (χ3n) is 3.39. The molecule has 0 radical (unpaired) electrons. The first-order valence-electron chi connectivity index (χ1n) is 6.26. The Kier molecular flexibility index (Phi) is 3.16. The number of halogens is 5. The molecule has 114 valence electrons. The van der Waals surface area contributed by atoms with Crippen LogP contribution in [0, 0.1) is 11.6 Å². The van der Waals surface area contributed by atoms with E-state index in [9.17, 15) is 22.0 Å². The minimum atomic E-state index is -4.42. The van der Waals surface area contributed by atoms with Gasteiger partial charge in [0.1, 0.15) is 5.82 Å². The Labute approximate surface area is 121 Å². The van der Waals surface area contributed by atoms with Crippen LogP contribution in [0.1, 0.15) is 5.56 Å². The first-order chi connectivity index (χ1) is 10.3. The standard InChI is InChI=1S/C15H9F5N2/c1-22-13-7-11(17)10(16)6-12(13)21-14(22)8-2-4-9(5-3-8)15(18,19)20/h2-7H,1H3. The summed E-state index contributed by atoms with van der Waals surface area (Å²) >= 11 is 0. The highest BCUT2D eigenvalue weighted by molar-refractivity contribution is 5.80. The maximum absolute atomic E-state index is 13.3. The fourth-order valence-corrected chi connectivity index (χ4v) is 2.25. The molecule has 0 aliphatic heterocycles. The summed E-state index contributed by atoms with van der Waals surface area (Å²) in [4.78, 5) is 4.15. The molecular formula is C15H9F5N2. The summed E-state index contributed by atoms with van der Waals surface area (Å²) in [5.74, 6) is -1.70. The Morgan fingerprint density at radius 2 is 1.55 bits per heavy atom. The van der Waals surface area contributed by atoms with Crippen LogP contribution in [-0.4, -0.2) is 9.55 Å². The quantitative estimate of drug-likeness (QED) is 0.603. The van der Waals surface area contributed by atoms with Crippen molar-refractivity contribution in [3.8, 4) is 11.4 Å². The van der Waals surface area contributed by atoms with Crippen LogP contribution in [0.4, 0.5) is 22.0 Å². The summed E-state index contributed by atoms with van der Waals surface area (Å²) in [5, 5.41) is 0. The summed E-state index contributed by atoms with van der Waals surface area (Å²) in [5.41, 5.74) is 0.240. The van der Waals surface area contributed by atoms with Gasteiger partial charge in [0.25, 0.3) is 0 Å². The SMILES string of the molecule is Cn1c(-c2ccc(C(F)(F)F)cc2)nc2cc(F)c(F)cc21. The zero-order valence-corrected chi connectivity index (χ0v) is 11.2. The number of aromatic nitrogens is 2. The second-order valence-electron chi connectivity index (χ2n) is 4.82. The van der Waals surface area contributed by atoms with Crippen molar-refractivity contribution < 1.29 is 22.0 Å². The van der Waals surface area contributed by atoms with Crippen molar-refractivity contribution in [2.24, 2.45) is 7.05 Å². The number of imidazole rings is 1. The molecule has 0 saturated heterocycles. The predicted molar refractivity (Wildman–Crippen MR) is 71.1 cm³/mol. The fraction of sp³-hybridized carbons (Fsp3) is 0.133. The number of rotatable bonds is 1. The van der Waals surface area contributed by atoms with E-state index in [0.717, 1.165) is 24.3 Å². The van der Waals surface area contributed by atoms with Crippen LogP contribution in [0.5, 0.6) is 0 Å². The van der Waals surface area contributed by atoms with Crippen LogP contribution in [0.15, 0.2) is 36.4 Å². The Bertz CT molecular complexity index is 847. The fourth-order valence-electron chi connectivity index (χ4n) is 2.25. The second kappa shape index (κ2) is 4.79. The third kappa shape index (κ3) is 2.32. The van der Waals surface area contributed by atoms with E-state index in [4.69, 9.17) is 0 Å². The van der Waals surface area contributed by atoms with Crippen molar-refractivity contribution in [3.63, 3.8) is 0 Å². The molecule has 2 aromatic carbocycles. The topological polar surface area (TPSA) is 17.8 Å². The van der Waals surface area contributed by atoms with Crippen molar-refractivity contribution in [1.29, 1.82) is 0 Å². The molecule has 0 aliphatic rings. The van der Waals surface area contributed by atoms with Gasteiger partial charge in [-0.25, -0.2) is 13.8 Å². The molecule has 0 bridgehead atoms. The molecule has 3 aromatic rings. The monoisotopic (exact) mass is 312 g/mol. The van der Waals surface area contributed by atoms with Crippen LogP contribution in [0.3, 0.4) is 0 Å². The third-order valence-corrected chi connectivity index (χ3v) is 3.39. The van der Waals surface area contributed by atoms with Gasteiger partial charge in [0.05, 0.1) is 16.6 Å². The molecule has 2 nitrogen and oxygen atoms in total. The Morgan fingerprint density at radius 3 is 2.14 bits per heavy atom. The largest absolute Gasteiger partial charge is 0.416 e. The van der Waals surface area contributed by atoms with E-state index in [2.05, 4.69) is 4.98 Å². The highest BCUT2D eigenvalue weighted by Crippen LogP contribution is 2.31. The number of fused-ring (bicyclic) bond motifs is 1. The highest BCUT2D eigenvalue weighted by Gasteiger charge is 2.30. The average molecular weight is 312 g/mol. The summed E-state index contributed by atoms with van der Waals surface area (Å²) in [6.45, 7) is 0. The van der Waals surface area contributed by atoms with Crippen LogP contribution in [-0.2, 0) is 13.2 Å². The highest BCUT2D eigenvalue weighted by atomic mass is 19.4. The van der Waals surface area contributed by atoms with Crippen LogP contribution in [0.2, 0.25) is 0 Å². The van der Waals surface area contributed by atoms with Gasteiger partial charge < -0.3 is 4.57 Å². The number of aryl methyl sites for hydroxylation is 1. The number of nitrogens with zero attached hydrogens (tertiary/aromatic N) is 2. The molecule has 0 unspecified atom stereocenters. The number of hydrogen-bond donors (Lipinski definition) is 0. The second-order valence-corrected chi connectivity index (χ2v) is 4.82. The molecule has 0 N–H and O–H groups in total. The first-order valence-corrected chi connectivity index (χ1v) is 6.26. The van der Waals surface area contributed by atoms with Crippen molar-refractivity contribution >= 4 is 11.0 Å². The van der Waals surface area contributed by atoms with E-state index in [1.807, 2.05) is 0 Å². The smallest absolute Gasteiger partial charge is 0.327 e. The summed E-state index contributed by atoms with van der Waals surface area (Å²) in [6.07, 6.45) is -4.42. The van der Waals surface area contributed by atoms with E-state index >= 15 is 0 Å². The molecule has 7 heteroatoms. The van der Waals surface area contributed by atoms with E-state index in [0.29, 0.717) is 16.9 Å². The van der Waals surface area contributed by atoms with E-state index in [-0.39, 0.29) is 5.52 Å². The number of benzene rings is 2. The lowest BCUT2D eigenvalue weighted by atomic mass is 10.1. The first kappa shape index (κ1) is 14.5. The molecule has 0 saturated carbocycles. The van der Waals surface area contributed by atoms with Gasteiger partial charge in [-0.2, -0.15) is 13.2 Å². The lowest BCUT2D eigenvalue weighted by molar-refractivity contribution is -0.137. The van der Waals surface area contributed by atoms with Gasteiger partial charge in [-0.15, -0.1) is 0 Å². The van der Waals surface area contributed by atoms with E-state index in [1.54, 1.807) is 7.05 Å². The molecular weight excluding hydrogens is 303 g/mol. The van der Waals surface area contributed by atoms with Crippen LogP contribution >= 0.6 is 0 Å². The normalized spacial score (nSPS) is 12.1. The summed E-state index contributed by atoms with van der Waals surface area (Å²) in [6, 6.07) is 6.39. The predicted octanol–water partition coefficient (Wildman–Crippen LogP) is 4.54. The number of hydrogen-bond acceptors (Lipinski definition) is 1.